The summed E-state index contributed by atoms with van der Waals surface area (Å²) in [6, 6.07) is 8.04. The quantitative estimate of drug-likeness (QED) is 0.819. The SMILES string of the molecule is CSCC[C@H](N)C(=O)NCC1Cc2ccccc21. The van der Waals surface area contributed by atoms with E-state index in [4.69, 9.17) is 5.73 Å². The summed E-state index contributed by atoms with van der Waals surface area (Å²) in [7, 11) is 0. The van der Waals surface area contributed by atoms with Crippen molar-refractivity contribution in [1.29, 1.82) is 0 Å². The highest BCUT2D eigenvalue weighted by atomic mass is 32.2. The smallest absolute Gasteiger partial charge is 0.236 e. The predicted octanol–water partition coefficient (Wildman–Crippen LogP) is 1.52. The van der Waals surface area contributed by atoms with Gasteiger partial charge in [0.05, 0.1) is 6.04 Å². The van der Waals surface area contributed by atoms with Crippen molar-refractivity contribution < 1.29 is 4.79 Å². The molecule has 1 amide bonds. The summed E-state index contributed by atoms with van der Waals surface area (Å²) in [4.78, 5) is 11.8. The first-order valence-corrected chi connectivity index (χ1v) is 7.71. The molecule has 98 valence electrons. The molecule has 0 aliphatic heterocycles. The number of amides is 1. The Bertz CT molecular complexity index is 422. The summed E-state index contributed by atoms with van der Waals surface area (Å²) >= 11 is 1.72. The molecule has 3 N–H and O–H groups in total. The number of nitrogens with one attached hydrogen (secondary N) is 1. The molecular weight excluding hydrogens is 244 g/mol. The van der Waals surface area contributed by atoms with E-state index in [2.05, 4.69) is 29.6 Å². The van der Waals surface area contributed by atoms with Gasteiger partial charge >= 0.3 is 0 Å². The van der Waals surface area contributed by atoms with Crippen LogP contribution < -0.4 is 11.1 Å². The molecule has 0 saturated heterocycles. The van der Waals surface area contributed by atoms with Crippen molar-refractivity contribution in [3.63, 3.8) is 0 Å². The van der Waals surface area contributed by atoms with Crippen molar-refractivity contribution in [2.45, 2.75) is 24.8 Å². The number of hydrogen-bond donors (Lipinski definition) is 2. The summed E-state index contributed by atoms with van der Waals surface area (Å²) in [5.41, 5.74) is 8.60. The lowest BCUT2D eigenvalue weighted by Gasteiger charge is -2.30. The van der Waals surface area contributed by atoms with Crippen LogP contribution in [0.3, 0.4) is 0 Å². The van der Waals surface area contributed by atoms with Crippen molar-refractivity contribution in [3.8, 4) is 0 Å². The normalized spacial score (nSPS) is 18.7. The molecule has 1 unspecified atom stereocenters. The van der Waals surface area contributed by atoms with Crippen LogP contribution in [0.1, 0.15) is 23.5 Å². The summed E-state index contributed by atoms with van der Waals surface area (Å²) < 4.78 is 0. The second-order valence-corrected chi connectivity index (χ2v) is 5.72. The predicted molar refractivity (Wildman–Crippen MR) is 76.9 cm³/mol. The number of rotatable bonds is 6. The first-order chi connectivity index (χ1) is 8.72. The van der Waals surface area contributed by atoms with Crippen molar-refractivity contribution in [2.75, 3.05) is 18.6 Å². The third-order valence-electron chi connectivity index (χ3n) is 3.45. The van der Waals surface area contributed by atoms with Crippen molar-refractivity contribution in [2.24, 2.45) is 5.73 Å². The summed E-state index contributed by atoms with van der Waals surface area (Å²) in [6.45, 7) is 0.711. The maximum absolute atomic E-state index is 11.8. The van der Waals surface area contributed by atoms with Gasteiger partial charge in [0.1, 0.15) is 0 Å². The lowest BCUT2D eigenvalue weighted by atomic mass is 9.77. The Morgan fingerprint density at radius 2 is 2.33 bits per heavy atom. The standard InChI is InChI=1S/C14H20N2OS/c1-18-7-6-13(15)14(17)16-9-11-8-10-4-2-3-5-12(10)11/h2-5,11,13H,6-9,15H2,1H3,(H,16,17)/t11?,13-/m0/s1. The number of carbonyl (C=O) groups excluding carboxylic acids is 1. The van der Waals surface area contributed by atoms with Gasteiger partial charge < -0.3 is 11.1 Å². The number of hydrogen-bond acceptors (Lipinski definition) is 3. The minimum absolute atomic E-state index is 0.0200. The van der Waals surface area contributed by atoms with Crippen LogP contribution in [0.4, 0.5) is 0 Å². The summed E-state index contributed by atoms with van der Waals surface area (Å²) in [5, 5.41) is 2.96. The van der Waals surface area contributed by atoms with Gasteiger partial charge in [-0.1, -0.05) is 24.3 Å². The molecule has 0 heterocycles. The summed E-state index contributed by atoms with van der Waals surface area (Å²) in [5.74, 6) is 1.38. The van der Waals surface area contributed by atoms with Gasteiger partial charge in [-0.2, -0.15) is 11.8 Å². The molecule has 0 radical (unpaired) electrons. The van der Waals surface area contributed by atoms with Gasteiger partial charge in [-0.05, 0) is 36.0 Å². The highest BCUT2D eigenvalue weighted by molar-refractivity contribution is 7.98. The lowest BCUT2D eigenvalue weighted by molar-refractivity contribution is -0.122. The Balaban J connectivity index is 1.75. The second kappa shape index (κ2) is 6.25. The molecule has 0 spiro atoms. The molecule has 4 heteroatoms. The number of benzene rings is 1. The zero-order chi connectivity index (χ0) is 13.0. The molecule has 1 aromatic rings. The summed E-state index contributed by atoms with van der Waals surface area (Å²) in [6.07, 6.45) is 3.83. The van der Waals surface area contributed by atoms with Crippen molar-refractivity contribution >= 4 is 17.7 Å². The van der Waals surface area contributed by atoms with E-state index in [-0.39, 0.29) is 11.9 Å². The molecule has 1 aromatic carbocycles. The van der Waals surface area contributed by atoms with E-state index in [1.165, 1.54) is 11.1 Å². The van der Waals surface area contributed by atoms with E-state index in [1.54, 1.807) is 11.8 Å². The molecule has 0 aromatic heterocycles. The minimum atomic E-state index is -0.368. The van der Waals surface area contributed by atoms with Gasteiger partial charge in [0.2, 0.25) is 5.91 Å². The van der Waals surface area contributed by atoms with Crippen molar-refractivity contribution in [1.82, 2.24) is 5.32 Å². The Hall–Kier alpha value is -1.00. The van der Waals surface area contributed by atoms with Crippen LogP contribution in [0.5, 0.6) is 0 Å². The fraction of sp³-hybridized carbons (Fsp3) is 0.500. The number of carbonyl (C=O) groups is 1. The Morgan fingerprint density at radius 1 is 1.56 bits per heavy atom. The molecule has 2 atom stereocenters. The number of nitrogens with two attached hydrogens (primary N) is 1. The topological polar surface area (TPSA) is 55.1 Å². The largest absolute Gasteiger partial charge is 0.354 e. The molecule has 0 saturated carbocycles. The zero-order valence-electron chi connectivity index (χ0n) is 10.7. The van der Waals surface area contributed by atoms with Gasteiger partial charge in [-0.3, -0.25) is 4.79 Å². The van der Waals surface area contributed by atoms with Gasteiger partial charge in [-0.25, -0.2) is 0 Å². The van der Waals surface area contributed by atoms with Crippen LogP contribution in [0.15, 0.2) is 24.3 Å². The highest BCUT2D eigenvalue weighted by Gasteiger charge is 2.26. The molecule has 1 aliphatic carbocycles. The van der Waals surface area contributed by atoms with Crippen LogP contribution in [-0.4, -0.2) is 30.5 Å². The van der Waals surface area contributed by atoms with Crippen molar-refractivity contribution in [3.05, 3.63) is 35.4 Å². The molecular formula is C14H20N2OS. The lowest BCUT2D eigenvalue weighted by Crippen LogP contribution is -2.43. The molecule has 3 nitrogen and oxygen atoms in total. The van der Waals surface area contributed by atoms with Crippen LogP contribution in [-0.2, 0) is 11.2 Å². The number of thioether (sulfide) groups is 1. The molecule has 0 bridgehead atoms. The second-order valence-electron chi connectivity index (χ2n) is 4.73. The molecule has 2 rings (SSSR count). The fourth-order valence-corrected chi connectivity index (χ4v) is 2.77. The van der Waals surface area contributed by atoms with E-state index in [9.17, 15) is 4.79 Å². The monoisotopic (exact) mass is 264 g/mol. The highest BCUT2D eigenvalue weighted by Crippen LogP contribution is 2.33. The maximum atomic E-state index is 11.8. The van der Waals surface area contributed by atoms with Gasteiger partial charge in [0.15, 0.2) is 0 Å². The first-order valence-electron chi connectivity index (χ1n) is 6.32. The van der Waals surface area contributed by atoms with Crippen LogP contribution in [0.25, 0.3) is 0 Å². The average molecular weight is 264 g/mol. The van der Waals surface area contributed by atoms with Gasteiger partial charge in [-0.15, -0.1) is 0 Å². The van der Waals surface area contributed by atoms with Gasteiger partial charge in [0, 0.05) is 12.5 Å². The first kappa shape index (κ1) is 13.4. The van der Waals surface area contributed by atoms with Gasteiger partial charge in [0.25, 0.3) is 0 Å². The van der Waals surface area contributed by atoms with E-state index in [0.717, 1.165) is 18.6 Å². The third-order valence-corrected chi connectivity index (χ3v) is 4.10. The van der Waals surface area contributed by atoms with Crippen LogP contribution in [0.2, 0.25) is 0 Å². The van der Waals surface area contributed by atoms with Crippen LogP contribution in [0, 0.1) is 0 Å². The minimum Gasteiger partial charge on any atom is -0.354 e. The van der Waals surface area contributed by atoms with Crippen LogP contribution >= 0.6 is 11.8 Å². The molecule has 1 aliphatic rings. The fourth-order valence-electron chi connectivity index (χ4n) is 2.28. The Morgan fingerprint density at radius 3 is 3.06 bits per heavy atom. The molecule has 0 fully saturated rings. The van der Waals surface area contributed by atoms with E-state index < -0.39 is 0 Å². The Kier molecular flexibility index (Phi) is 4.66. The average Bonchev–Trinajstić information content (AvgIpc) is 2.36. The van der Waals surface area contributed by atoms with E-state index >= 15 is 0 Å². The maximum Gasteiger partial charge on any atom is 0.236 e. The zero-order valence-corrected chi connectivity index (χ0v) is 11.5. The van der Waals surface area contributed by atoms with E-state index in [0.29, 0.717) is 12.5 Å². The number of fused-ring (bicyclic) bond motifs is 1. The Labute approximate surface area is 113 Å². The third kappa shape index (κ3) is 3.06. The van der Waals surface area contributed by atoms with E-state index in [1.807, 2.05) is 6.26 Å². The molecule has 18 heavy (non-hydrogen) atoms.